The first-order valence-corrected chi connectivity index (χ1v) is 7.80. The Hall–Kier alpha value is -2.06. The van der Waals surface area contributed by atoms with Gasteiger partial charge in [0.25, 0.3) is 5.92 Å². The normalized spacial score (nSPS) is 19.5. The number of alkyl halides is 2. The van der Waals surface area contributed by atoms with E-state index in [1.807, 2.05) is 18.2 Å². The highest BCUT2D eigenvalue weighted by atomic mass is 32.2. The largest absolute Gasteiger partial charge is 0.325 e. The van der Waals surface area contributed by atoms with Crippen LogP contribution in [0.4, 0.5) is 14.5 Å². The second kappa shape index (κ2) is 6.59. The smallest absolute Gasteiger partial charge is 0.262 e. The Bertz CT molecular complexity index is 699. The number of hydrogen-bond donors (Lipinski definition) is 2. The first kappa shape index (κ1) is 15.8. The summed E-state index contributed by atoms with van der Waals surface area (Å²) in [5, 5.41) is 6.60. The first-order chi connectivity index (χ1) is 11.0. The SMILES string of the molecule is O=C(Nc1ccnc(Sc2ccccn2)c1)C1CC(F)(F)CN1. The lowest BCUT2D eigenvalue weighted by Crippen LogP contribution is -2.35. The first-order valence-electron chi connectivity index (χ1n) is 6.99. The number of nitrogens with zero attached hydrogens (tertiary/aromatic N) is 2. The molecule has 1 saturated heterocycles. The van der Waals surface area contributed by atoms with Gasteiger partial charge in [0, 0.05) is 24.5 Å². The summed E-state index contributed by atoms with van der Waals surface area (Å²) >= 11 is 1.35. The van der Waals surface area contributed by atoms with Gasteiger partial charge in [-0.25, -0.2) is 18.7 Å². The molecule has 0 saturated carbocycles. The molecule has 3 rings (SSSR count). The third-order valence-corrected chi connectivity index (χ3v) is 4.16. The molecule has 23 heavy (non-hydrogen) atoms. The average Bonchev–Trinajstić information content (AvgIpc) is 2.89. The zero-order valence-corrected chi connectivity index (χ0v) is 12.8. The van der Waals surface area contributed by atoms with Gasteiger partial charge in [0.1, 0.15) is 10.1 Å². The van der Waals surface area contributed by atoms with Crippen LogP contribution < -0.4 is 10.6 Å². The van der Waals surface area contributed by atoms with E-state index in [9.17, 15) is 13.6 Å². The number of aromatic nitrogens is 2. The molecule has 2 N–H and O–H groups in total. The molecular weight excluding hydrogens is 322 g/mol. The predicted molar refractivity (Wildman–Crippen MR) is 82.6 cm³/mol. The number of nitrogens with one attached hydrogen (secondary N) is 2. The quantitative estimate of drug-likeness (QED) is 0.898. The van der Waals surface area contributed by atoms with E-state index in [-0.39, 0.29) is 0 Å². The number of halogens is 2. The standard InChI is InChI=1S/C15H14F2N4OS/c16-15(17)8-11(20-9-15)14(22)21-10-4-6-19-13(7-10)23-12-3-1-2-5-18-12/h1-7,11,20H,8-9H2,(H,19,21,22). The fourth-order valence-electron chi connectivity index (χ4n) is 2.19. The van der Waals surface area contributed by atoms with Gasteiger partial charge in [0.2, 0.25) is 5.91 Å². The van der Waals surface area contributed by atoms with Crippen molar-refractivity contribution in [3.8, 4) is 0 Å². The summed E-state index contributed by atoms with van der Waals surface area (Å²) in [6.07, 6.45) is 2.75. The van der Waals surface area contributed by atoms with E-state index in [4.69, 9.17) is 0 Å². The van der Waals surface area contributed by atoms with E-state index in [0.29, 0.717) is 10.7 Å². The molecule has 2 aromatic rings. The van der Waals surface area contributed by atoms with Crippen molar-refractivity contribution in [3.63, 3.8) is 0 Å². The van der Waals surface area contributed by atoms with Gasteiger partial charge < -0.3 is 5.32 Å². The number of carbonyl (C=O) groups is 1. The van der Waals surface area contributed by atoms with Crippen molar-refractivity contribution < 1.29 is 13.6 Å². The summed E-state index contributed by atoms with van der Waals surface area (Å²) in [4.78, 5) is 20.4. The molecule has 1 amide bonds. The highest BCUT2D eigenvalue weighted by Gasteiger charge is 2.42. The summed E-state index contributed by atoms with van der Waals surface area (Å²) < 4.78 is 26.3. The molecule has 0 bridgehead atoms. The van der Waals surface area contributed by atoms with E-state index in [1.165, 1.54) is 11.8 Å². The molecule has 3 heterocycles. The maximum absolute atomic E-state index is 13.1. The molecule has 1 aliphatic heterocycles. The van der Waals surface area contributed by atoms with Crippen LogP contribution in [0.15, 0.2) is 52.8 Å². The highest BCUT2D eigenvalue weighted by Crippen LogP contribution is 2.27. The van der Waals surface area contributed by atoms with Gasteiger partial charge in [-0.15, -0.1) is 0 Å². The fourth-order valence-corrected chi connectivity index (χ4v) is 2.96. The van der Waals surface area contributed by atoms with Crippen LogP contribution in [0.1, 0.15) is 6.42 Å². The molecule has 1 atom stereocenters. The second-order valence-corrected chi connectivity index (χ2v) is 6.18. The molecule has 1 aliphatic rings. The van der Waals surface area contributed by atoms with Crippen molar-refractivity contribution in [1.29, 1.82) is 0 Å². The van der Waals surface area contributed by atoms with Crippen molar-refractivity contribution in [1.82, 2.24) is 15.3 Å². The maximum atomic E-state index is 13.1. The van der Waals surface area contributed by atoms with Gasteiger partial charge in [-0.05, 0) is 24.3 Å². The lowest BCUT2D eigenvalue weighted by molar-refractivity contribution is -0.118. The van der Waals surface area contributed by atoms with Crippen LogP contribution in [-0.4, -0.2) is 34.4 Å². The number of pyridine rings is 2. The number of carbonyl (C=O) groups excluding carboxylic acids is 1. The Morgan fingerprint density at radius 2 is 2.09 bits per heavy atom. The zero-order chi connectivity index (χ0) is 16.3. The second-order valence-electron chi connectivity index (χ2n) is 5.14. The topological polar surface area (TPSA) is 66.9 Å². The number of anilines is 1. The van der Waals surface area contributed by atoms with E-state index < -0.39 is 30.8 Å². The molecule has 0 radical (unpaired) electrons. The molecule has 5 nitrogen and oxygen atoms in total. The van der Waals surface area contributed by atoms with Crippen LogP contribution in [0.2, 0.25) is 0 Å². The Labute approximate surface area is 135 Å². The summed E-state index contributed by atoms with van der Waals surface area (Å²) in [5.74, 6) is -3.30. The van der Waals surface area contributed by atoms with Gasteiger partial charge in [-0.3, -0.25) is 10.1 Å². The van der Waals surface area contributed by atoms with Crippen molar-refractivity contribution in [2.45, 2.75) is 28.4 Å². The third-order valence-electron chi connectivity index (χ3n) is 3.28. The third kappa shape index (κ3) is 4.23. The van der Waals surface area contributed by atoms with E-state index in [2.05, 4.69) is 20.6 Å². The van der Waals surface area contributed by atoms with Crippen molar-refractivity contribution in [2.75, 3.05) is 11.9 Å². The average molecular weight is 336 g/mol. The Kier molecular flexibility index (Phi) is 4.53. The van der Waals surface area contributed by atoms with Gasteiger partial charge in [0.05, 0.1) is 12.6 Å². The minimum Gasteiger partial charge on any atom is -0.325 e. The lowest BCUT2D eigenvalue weighted by atomic mass is 10.2. The maximum Gasteiger partial charge on any atom is 0.262 e. The zero-order valence-electron chi connectivity index (χ0n) is 12.0. The molecule has 2 aromatic heterocycles. The Balaban J connectivity index is 1.65. The van der Waals surface area contributed by atoms with Crippen LogP contribution in [-0.2, 0) is 4.79 Å². The van der Waals surface area contributed by atoms with Crippen LogP contribution in [0.3, 0.4) is 0 Å². The van der Waals surface area contributed by atoms with Crippen LogP contribution >= 0.6 is 11.8 Å². The van der Waals surface area contributed by atoms with Gasteiger partial charge in [-0.1, -0.05) is 17.8 Å². The van der Waals surface area contributed by atoms with Crippen LogP contribution in [0.5, 0.6) is 0 Å². The number of rotatable bonds is 4. The minimum absolute atomic E-state index is 0.470. The Morgan fingerprint density at radius 1 is 1.26 bits per heavy atom. The van der Waals surface area contributed by atoms with E-state index >= 15 is 0 Å². The van der Waals surface area contributed by atoms with E-state index in [1.54, 1.807) is 24.5 Å². The monoisotopic (exact) mass is 336 g/mol. The minimum atomic E-state index is -2.83. The fraction of sp³-hybridized carbons (Fsp3) is 0.267. The van der Waals surface area contributed by atoms with Crippen molar-refractivity contribution in [2.24, 2.45) is 0 Å². The number of hydrogen-bond acceptors (Lipinski definition) is 5. The molecule has 8 heteroatoms. The lowest BCUT2D eigenvalue weighted by Gasteiger charge is -2.11. The van der Waals surface area contributed by atoms with Gasteiger partial charge in [0.15, 0.2) is 0 Å². The highest BCUT2D eigenvalue weighted by molar-refractivity contribution is 7.99. The summed E-state index contributed by atoms with van der Waals surface area (Å²) in [6, 6.07) is 7.95. The summed E-state index contributed by atoms with van der Waals surface area (Å²) in [5.41, 5.74) is 0.514. The van der Waals surface area contributed by atoms with Gasteiger partial charge in [-0.2, -0.15) is 0 Å². The Morgan fingerprint density at radius 3 is 2.78 bits per heavy atom. The molecule has 0 aliphatic carbocycles. The molecule has 120 valence electrons. The molecular formula is C15H14F2N4OS. The van der Waals surface area contributed by atoms with Crippen molar-refractivity contribution >= 4 is 23.4 Å². The van der Waals surface area contributed by atoms with Crippen molar-refractivity contribution in [3.05, 3.63) is 42.7 Å². The molecule has 1 unspecified atom stereocenters. The van der Waals surface area contributed by atoms with Crippen LogP contribution in [0.25, 0.3) is 0 Å². The summed E-state index contributed by atoms with van der Waals surface area (Å²) in [7, 11) is 0. The predicted octanol–water partition coefficient (Wildman–Crippen LogP) is 2.56. The summed E-state index contributed by atoms with van der Waals surface area (Å²) in [6.45, 7) is -0.470. The number of amides is 1. The molecule has 0 aromatic carbocycles. The van der Waals surface area contributed by atoms with E-state index in [0.717, 1.165) is 5.03 Å². The molecule has 1 fully saturated rings. The van der Waals surface area contributed by atoms with Gasteiger partial charge >= 0.3 is 0 Å². The molecule has 0 spiro atoms. The van der Waals surface area contributed by atoms with Crippen LogP contribution in [0, 0.1) is 0 Å².